The van der Waals surface area contributed by atoms with Gasteiger partial charge in [-0.3, -0.25) is 15.3 Å². The van der Waals surface area contributed by atoms with Gasteiger partial charge in [-0.1, -0.05) is 0 Å². The lowest BCUT2D eigenvalue weighted by molar-refractivity contribution is 0.247. The molecule has 0 aliphatic carbocycles. The Morgan fingerprint density at radius 3 is 2.86 bits per heavy atom. The van der Waals surface area contributed by atoms with E-state index in [1.54, 1.807) is 23.0 Å². The van der Waals surface area contributed by atoms with Gasteiger partial charge in [0.15, 0.2) is 5.82 Å². The number of carbonyl (C=O) groups is 1. The molecule has 4 heterocycles. The first-order chi connectivity index (χ1) is 14.2. The van der Waals surface area contributed by atoms with Crippen LogP contribution in [0.15, 0.2) is 67.4 Å². The Hall–Kier alpha value is -3.94. The molecule has 0 atom stereocenters. The number of amides is 2. The number of aryl methyl sites for hydroxylation is 1. The van der Waals surface area contributed by atoms with E-state index in [2.05, 4.69) is 31.8 Å². The van der Waals surface area contributed by atoms with Crippen molar-refractivity contribution >= 4 is 17.4 Å². The summed E-state index contributed by atoms with van der Waals surface area (Å²) in [5.41, 5.74) is 4.05. The molecule has 0 fully saturated rings. The maximum atomic E-state index is 12.1. The molecule has 0 unspecified atom stereocenters. The number of hydrogen-bond donors (Lipinski definition) is 2. The normalized spacial score (nSPS) is 10.7. The highest BCUT2D eigenvalue weighted by Crippen LogP contribution is 2.22. The van der Waals surface area contributed by atoms with Crippen LogP contribution in [0.3, 0.4) is 0 Å². The van der Waals surface area contributed by atoms with Gasteiger partial charge >= 0.3 is 6.03 Å². The van der Waals surface area contributed by atoms with Gasteiger partial charge in [0.25, 0.3) is 0 Å². The summed E-state index contributed by atoms with van der Waals surface area (Å²) in [6, 6.07) is 11.1. The summed E-state index contributed by atoms with van der Waals surface area (Å²) in [4.78, 5) is 20.3. The fourth-order valence-corrected chi connectivity index (χ4v) is 2.87. The number of hydrogen-bond acceptors (Lipinski definition) is 5. The number of ether oxygens (including phenoxy) is 1. The summed E-state index contributed by atoms with van der Waals surface area (Å²) in [5, 5.41) is 9.84. The molecule has 8 heteroatoms. The molecule has 0 radical (unpaired) electrons. The standard InChI is InChI=1S/C21H20N6O2/c1-15-9-17(13-23-12-15)16-4-7-27-18(10-16)11-20(26-27)25-21(28)24-6-8-29-19-3-2-5-22-14-19/h2-5,7,9-14H,6,8H2,1H3,(H2,24,25,26,28). The largest absolute Gasteiger partial charge is 0.490 e. The van der Waals surface area contributed by atoms with Gasteiger partial charge < -0.3 is 10.1 Å². The van der Waals surface area contributed by atoms with Crippen LogP contribution < -0.4 is 15.4 Å². The van der Waals surface area contributed by atoms with Crippen molar-refractivity contribution in [2.75, 3.05) is 18.5 Å². The number of aromatic nitrogens is 4. The van der Waals surface area contributed by atoms with Crippen molar-refractivity contribution in [1.82, 2.24) is 24.9 Å². The van der Waals surface area contributed by atoms with E-state index in [1.807, 2.05) is 49.8 Å². The summed E-state index contributed by atoms with van der Waals surface area (Å²) in [6.45, 7) is 2.72. The zero-order chi connectivity index (χ0) is 20.1. The fraction of sp³-hybridized carbons (Fsp3) is 0.143. The number of nitrogens with zero attached hydrogens (tertiary/aromatic N) is 4. The minimum Gasteiger partial charge on any atom is -0.490 e. The molecule has 0 aromatic carbocycles. The molecule has 4 aromatic rings. The number of pyridine rings is 3. The fourth-order valence-electron chi connectivity index (χ4n) is 2.87. The highest BCUT2D eigenvalue weighted by Gasteiger charge is 2.07. The van der Waals surface area contributed by atoms with Crippen LogP contribution in [-0.2, 0) is 0 Å². The lowest BCUT2D eigenvalue weighted by atomic mass is 10.1. The average Bonchev–Trinajstić information content (AvgIpc) is 3.13. The molecule has 8 nitrogen and oxygen atoms in total. The van der Waals surface area contributed by atoms with Crippen molar-refractivity contribution in [1.29, 1.82) is 0 Å². The topological polar surface area (TPSA) is 93.4 Å². The summed E-state index contributed by atoms with van der Waals surface area (Å²) in [5.74, 6) is 1.13. The zero-order valence-corrected chi connectivity index (χ0v) is 15.9. The minimum atomic E-state index is -0.341. The van der Waals surface area contributed by atoms with E-state index in [0.717, 1.165) is 22.2 Å². The van der Waals surface area contributed by atoms with Crippen LogP contribution in [0.25, 0.3) is 16.6 Å². The van der Waals surface area contributed by atoms with Crippen LogP contribution in [0.2, 0.25) is 0 Å². The van der Waals surface area contributed by atoms with Crippen molar-refractivity contribution in [2.45, 2.75) is 6.92 Å². The van der Waals surface area contributed by atoms with Crippen LogP contribution in [0.5, 0.6) is 5.75 Å². The van der Waals surface area contributed by atoms with Gasteiger partial charge in [-0.05, 0) is 48.4 Å². The van der Waals surface area contributed by atoms with E-state index in [0.29, 0.717) is 24.7 Å². The second kappa shape index (κ2) is 8.39. The van der Waals surface area contributed by atoms with E-state index < -0.39 is 0 Å². The molecule has 0 bridgehead atoms. The van der Waals surface area contributed by atoms with Gasteiger partial charge in [0.1, 0.15) is 12.4 Å². The molecule has 0 spiro atoms. The summed E-state index contributed by atoms with van der Waals surface area (Å²) < 4.78 is 7.20. The maximum Gasteiger partial charge on any atom is 0.320 e. The molecule has 4 rings (SSSR count). The third-order valence-electron chi connectivity index (χ3n) is 4.20. The number of nitrogens with one attached hydrogen (secondary N) is 2. The van der Waals surface area contributed by atoms with Crippen LogP contribution in [-0.4, -0.2) is 38.8 Å². The quantitative estimate of drug-likeness (QED) is 0.494. The highest BCUT2D eigenvalue weighted by atomic mass is 16.5. The van der Waals surface area contributed by atoms with E-state index in [4.69, 9.17) is 4.74 Å². The molecule has 2 N–H and O–H groups in total. The van der Waals surface area contributed by atoms with E-state index >= 15 is 0 Å². The third kappa shape index (κ3) is 4.67. The molecule has 0 aliphatic heterocycles. The summed E-state index contributed by atoms with van der Waals surface area (Å²) >= 11 is 0. The van der Waals surface area contributed by atoms with Gasteiger partial charge in [0.2, 0.25) is 0 Å². The van der Waals surface area contributed by atoms with Gasteiger partial charge in [-0.25, -0.2) is 9.31 Å². The zero-order valence-electron chi connectivity index (χ0n) is 15.9. The SMILES string of the molecule is Cc1cncc(-c2ccn3nc(NC(=O)NCCOc4cccnc4)cc3c2)c1. The van der Waals surface area contributed by atoms with E-state index in [9.17, 15) is 4.79 Å². The van der Waals surface area contributed by atoms with Gasteiger partial charge in [0, 0.05) is 36.4 Å². The van der Waals surface area contributed by atoms with E-state index in [-0.39, 0.29) is 6.03 Å². The number of rotatable bonds is 6. The first-order valence-corrected chi connectivity index (χ1v) is 9.16. The number of fused-ring (bicyclic) bond motifs is 1. The first-order valence-electron chi connectivity index (χ1n) is 9.16. The van der Waals surface area contributed by atoms with E-state index in [1.165, 1.54) is 0 Å². The molecule has 29 heavy (non-hydrogen) atoms. The molecule has 2 amide bonds. The van der Waals surface area contributed by atoms with Crippen molar-refractivity contribution in [2.24, 2.45) is 0 Å². The Morgan fingerprint density at radius 2 is 2.03 bits per heavy atom. The van der Waals surface area contributed by atoms with Gasteiger partial charge in [0.05, 0.1) is 18.3 Å². The second-order valence-corrected chi connectivity index (χ2v) is 6.48. The van der Waals surface area contributed by atoms with Gasteiger partial charge in [-0.2, -0.15) is 0 Å². The van der Waals surface area contributed by atoms with Crippen LogP contribution in [0, 0.1) is 6.92 Å². The Kier molecular flexibility index (Phi) is 5.33. The number of urea groups is 1. The lowest BCUT2D eigenvalue weighted by Crippen LogP contribution is -2.32. The number of anilines is 1. The van der Waals surface area contributed by atoms with Gasteiger partial charge in [-0.15, -0.1) is 5.10 Å². The third-order valence-corrected chi connectivity index (χ3v) is 4.20. The van der Waals surface area contributed by atoms with Crippen molar-refractivity contribution < 1.29 is 9.53 Å². The summed E-state index contributed by atoms with van der Waals surface area (Å²) in [6.07, 6.45) is 8.81. The molecule has 146 valence electrons. The predicted octanol–water partition coefficient (Wildman–Crippen LogP) is 3.30. The monoisotopic (exact) mass is 388 g/mol. The maximum absolute atomic E-state index is 12.1. The first kappa shape index (κ1) is 18.4. The molecule has 0 saturated carbocycles. The van der Waals surface area contributed by atoms with Crippen LogP contribution >= 0.6 is 0 Å². The van der Waals surface area contributed by atoms with Crippen LogP contribution in [0.4, 0.5) is 10.6 Å². The molecule has 4 aromatic heterocycles. The Bertz CT molecular complexity index is 1130. The Labute approximate surface area is 167 Å². The van der Waals surface area contributed by atoms with Crippen molar-refractivity contribution in [3.63, 3.8) is 0 Å². The lowest BCUT2D eigenvalue weighted by Gasteiger charge is -2.07. The smallest absolute Gasteiger partial charge is 0.320 e. The average molecular weight is 388 g/mol. The van der Waals surface area contributed by atoms with Crippen molar-refractivity contribution in [3.05, 3.63) is 72.9 Å². The highest BCUT2D eigenvalue weighted by molar-refractivity contribution is 5.89. The molecule has 0 saturated heterocycles. The second-order valence-electron chi connectivity index (χ2n) is 6.48. The Balaban J connectivity index is 1.35. The Morgan fingerprint density at radius 1 is 1.10 bits per heavy atom. The summed E-state index contributed by atoms with van der Waals surface area (Å²) in [7, 11) is 0. The van der Waals surface area contributed by atoms with Crippen molar-refractivity contribution in [3.8, 4) is 16.9 Å². The predicted molar refractivity (Wildman–Crippen MR) is 110 cm³/mol. The minimum absolute atomic E-state index is 0.341. The number of carbonyl (C=O) groups excluding carboxylic acids is 1. The molecular weight excluding hydrogens is 368 g/mol. The molecular formula is C21H20N6O2. The molecule has 0 aliphatic rings. The van der Waals surface area contributed by atoms with Crippen LogP contribution in [0.1, 0.15) is 5.56 Å².